The minimum absolute atomic E-state index is 0.176. The van der Waals surface area contributed by atoms with E-state index >= 15 is 0 Å². The standard InChI is InChI=1S/C11H17N5O2/c1-2-15-5-7-16(8-6-15)11(18)12-9-3-4-10(17)14-13-9/h3-4H,2,5-8H2,1H3,(H,14,17)(H,12,13,18). The molecule has 2 amide bonds. The van der Waals surface area contributed by atoms with E-state index in [4.69, 9.17) is 0 Å². The Morgan fingerprint density at radius 3 is 2.67 bits per heavy atom. The molecule has 0 aromatic carbocycles. The van der Waals surface area contributed by atoms with Gasteiger partial charge < -0.3 is 9.80 Å². The van der Waals surface area contributed by atoms with Crippen LogP contribution in [0.3, 0.4) is 0 Å². The van der Waals surface area contributed by atoms with E-state index in [0.29, 0.717) is 18.9 Å². The summed E-state index contributed by atoms with van der Waals surface area (Å²) in [6.07, 6.45) is 0. The largest absolute Gasteiger partial charge is 0.323 e. The molecule has 0 atom stereocenters. The van der Waals surface area contributed by atoms with Crippen LogP contribution < -0.4 is 10.9 Å². The number of hydrogen-bond donors (Lipinski definition) is 2. The molecule has 0 unspecified atom stereocenters. The number of nitrogens with zero attached hydrogens (tertiary/aromatic N) is 3. The third-order valence-corrected chi connectivity index (χ3v) is 3.02. The number of carbonyl (C=O) groups is 1. The molecule has 98 valence electrons. The summed E-state index contributed by atoms with van der Waals surface area (Å²) in [6, 6.07) is 2.64. The summed E-state index contributed by atoms with van der Waals surface area (Å²) in [5, 5.41) is 8.67. The Hall–Kier alpha value is -1.89. The Morgan fingerprint density at radius 1 is 1.39 bits per heavy atom. The van der Waals surface area contributed by atoms with E-state index in [1.54, 1.807) is 4.90 Å². The lowest BCUT2D eigenvalue weighted by atomic mass is 10.3. The topological polar surface area (TPSA) is 81.3 Å². The van der Waals surface area contributed by atoms with E-state index in [0.717, 1.165) is 19.6 Å². The Bertz CT molecular complexity index is 444. The van der Waals surface area contributed by atoms with Crippen molar-refractivity contribution in [3.05, 3.63) is 22.5 Å². The summed E-state index contributed by atoms with van der Waals surface area (Å²) >= 11 is 0. The second-order valence-corrected chi connectivity index (χ2v) is 4.16. The van der Waals surface area contributed by atoms with Gasteiger partial charge in [0.25, 0.3) is 5.56 Å². The van der Waals surface area contributed by atoms with Crippen molar-refractivity contribution in [1.29, 1.82) is 0 Å². The molecule has 0 spiro atoms. The van der Waals surface area contributed by atoms with Crippen LogP contribution in [-0.2, 0) is 0 Å². The molecule has 1 saturated heterocycles. The van der Waals surface area contributed by atoms with Crippen LogP contribution in [0.5, 0.6) is 0 Å². The summed E-state index contributed by atoms with van der Waals surface area (Å²) in [5.41, 5.74) is -0.287. The van der Waals surface area contributed by atoms with Crippen LogP contribution in [0.4, 0.5) is 10.6 Å². The van der Waals surface area contributed by atoms with Crippen LogP contribution in [0.25, 0.3) is 0 Å². The van der Waals surface area contributed by atoms with Crippen molar-refractivity contribution in [2.45, 2.75) is 6.92 Å². The fourth-order valence-electron chi connectivity index (χ4n) is 1.87. The number of hydrogen-bond acceptors (Lipinski definition) is 4. The van der Waals surface area contributed by atoms with E-state index in [1.807, 2.05) is 0 Å². The first kappa shape index (κ1) is 12.6. The quantitative estimate of drug-likeness (QED) is 0.771. The van der Waals surface area contributed by atoms with Crippen molar-refractivity contribution in [2.24, 2.45) is 0 Å². The smallest absolute Gasteiger partial charge is 0.322 e. The molecule has 2 heterocycles. The number of aromatic nitrogens is 2. The first-order valence-corrected chi connectivity index (χ1v) is 6.03. The number of nitrogens with one attached hydrogen (secondary N) is 2. The molecule has 0 saturated carbocycles. The summed E-state index contributed by atoms with van der Waals surface area (Å²) in [6.45, 7) is 6.33. The maximum Gasteiger partial charge on any atom is 0.323 e. The number of piperazine rings is 1. The molecule has 1 aliphatic rings. The third kappa shape index (κ3) is 3.07. The van der Waals surface area contributed by atoms with Crippen LogP contribution in [0.15, 0.2) is 16.9 Å². The van der Waals surface area contributed by atoms with Gasteiger partial charge in [0.05, 0.1) is 0 Å². The predicted octanol–water partition coefficient (Wildman–Crippen LogP) is -0.0607. The van der Waals surface area contributed by atoms with Crippen molar-refractivity contribution in [2.75, 3.05) is 38.0 Å². The van der Waals surface area contributed by atoms with E-state index in [1.165, 1.54) is 12.1 Å². The van der Waals surface area contributed by atoms with Gasteiger partial charge in [-0.2, -0.15) is 5.10 Å². The molecule has 1 aromatic heterocycles. The van der Waals surface area contributed by atoms with E-state index in [2.05, 4.69) is 27.3 Å². The number of carbonyl (C=O) groups excluding carboxylic acids is 1. The SMILES string of the molecule is CCN1CCN(C(=O)Nc2ccc(=O)[nH]n2)CC1. The maximum atomic E-state index is 11.9. The molecule has 2 N–H and O–H groups in total. The monoisotopic (exact) mass is 251 g/mol. The second kappa shape index (κ2) is 5.63. The lowest BCUT2D eigenvalue weighted by molar-refractivity contribution is 0.151. The molecular formula is C11H17N5O2. The van der Waals surface area contributed by atoms with Crippen molar-refractivity contribution in [3.8, 4) is 0 Å². The normalized spacial score (nSPS) is 16.6. The average Bonchev–Trinajstić information content (AvgIpc) is 2.41. The van der Waals surface area contributed by atoms with Gasteiger partial charge >= 0.3 is 6.03 Å². The van der Waals surface area contributed by atoms with Crippen molar-refractivity contribution in [3.63, 3.8) is 0 Å². The van der Waals surface area contributed by atoms with Crippen LogP contribution >= 0.6 is 0 Å². The van der Waals surface area contributed by atoms with E-state index in [9.17, 15) is 9.59 Å². The molecule has 7 nitrogen and oxygen atoms in total. The molecule has 1 aromatic rings. The van der Waals surface area contributed by atoms with Gasteiger partial charge in [-0.3, -0.25) is 10.1 Å². The lowest BCUT2D eigenvalue weighted by Crippen LogP contribution is -2.49. The number of amides is 2. The van der Waals surface area contributed by atoms with Crippen LogP contribution in [0, 0.1) is 0 Å². The van der Waals surface area contributed by atoms with Gasteiger partial charge in [0.1, 0.15) is 0 Å². The fourth-order valence-corrected chi connectivity index (χ4v) is 1.87. The summed E-state index contributed by atoms with van der Waals surface area (Å²) in [5.74, 6) is 0.359. The lowest BCUT2D eigenvalue weighted by Gasteiger charge is -2.33. The molecule has 0 aliphatic carbocycles. The first-order valence-electron chi connectivity index (χ1n) is 6.03. The van der Waals surface area contributed by atoms with Gasteiger partial charge in [-0.15, -0.1) is 0 Å². The van der Waals surface area contributed by atoms with Gasteiger partial charge in [0.2, 0.25) is 0 Å². The molecule has 18 heavy (non-hydrogen) atoms. The van der Waals surface area contributed by atoms with Crippen LogP contribution in [0.2, 0.25) is 0 Å². The number of H-pyrrole nitrogens is 1. The third-order valence-electron chi connectivity index (χ3n) is 3.02. The highest BCUT2D eigenvalue weighted by atomic mass is 16.2. The predicted molar refractivity (Wildman–Crippen MR) is 67.6 cm³/mol. The number of urea groups is 1. The minimum atomic E-state index is -0.287. The molecule has 0 radical (unpaired) electrons. The highest BCUT2D eigenvalue weighted by Crippen LogP contribution is 2.04. The Morgan fingerprint density at radius 2 is 2.11 bits per heavy atom. The van der Waals surface area contributed by atoms with Gasteiger partial charge in [-0.25, -0.2) is 9.89 Å². The van der Waals surface area contributed by atoms with E-state index < -0.39 is 0 Å². The molecular weight excluding hydrogens is 234 g/mol. The molecule has 1 aliphatic heterocycles. The zero-order chi connectivity index (χ0) is 13.0. The number of likely N-dealkylation sites (N-methyl/N-ethyl adjacent to an activating group) is 1. The fraction of sp³-hybridized carbons (Fsp3) is 0.545. The van der Waals surface area contributed by atoms with Crippen LogP contribution in [0.1, 0.15) is 6.92 Å². The number of aromatic amines is 1. The molecule has 7 heteroatoms. The number of anilines is 1. The zero-order valence-electron chi connectivity index (χ0n) is 10.3. The summed E-state index contributed by atoms with van der Waals surface area (Å²) in [7, 11) is 0. The zero-order valence-corrected chi connectivity index (χ0v) is 10.3. The molecule has 2 rings (SSSR count). The first-order chi connectivity index (χ1) is 8.69. The molecule has 0 bridgehead atoms. The number of rotatable bonds is 2. The summed E-state index contributed by atoms with van der Waals surface area (Å²) in [4.78, 5) is 26.8. The minimum Gasteiger partial charge on any atom is -0.322 e. The Kier molecular flexibility index (Phi) is 3.93. The Labute approximate surface area is 105 Å². The highest BCUT2D eigenvalue weighted by molar-refractivity contribution is 5.88. The van der Waals surface area contributed by atoms with Gasteiger partial charge in [0, 0.05) is 32.2 Å². The molecule has 1 fully saturated rings. The second-order valence-electron chi connectivity index (χ2n) is 4.16. The van der Waals surface area contributed by atoms with Crippen molar-refractivity contribution < 1.29 is 4.79 Å². The average molecular weight is 251 g/mol. The van der Waals surface area contributed by atoms with Crippen LogP contribution in [-0.4, -0.2) is 58.8 Å². The van der Waals surface area contributed by atoms with Gasteiger partial charge in [-0.1, -0.05) is 6.92 Å². The van der Waals surface area contributed by atoms with Crippen molar-refractivity contribution in [1.82, 2.24) is 20.0 Å². The van der Waals surface area contributed by atoms with Crippen molar-refractivity contribution >= 4 is 11.8 Å². The highest BCUT2D eigenvalue weighted by Gasteiger charge is 2.20. The summed E-state index contributed by atoms with van der Waals surface area (Å²) < 4.78 is 0. The van der Waals surface area contributed by atoms with Gasteiger partial charge in [0.15, 0.2) is 5.82 Å². The Balaban J connectivity index is 1.89. The van der Waals surface area contributed by atoms with Gasteiger partial charge in [-0.05, 0) is 12.6 Å². The van der Waals surface area contributed by atoms with E-state index in [-0.39, 0.29) is 11.6 Å². The maximum absolute atomic E-state index is 11.9.